The van der Waals surface area contributed by atoms with Gasteiger partial charge < -0.3 is 15.0 Å². The standard InChI is InChI=1S/C19H22N2O2/c1-13(2)9-10-20-19(22)12-23-14-7-8-16-15-5-3-4-6-17(15)21-18(16)11-14/h3-8,11,13,21H,9-10,12H2,1-2H3,(H,20,22). The molecule has 0 atom stereocenters. The summed E-state index contributed by atoms with van der Waals surface area (Å²) in [7, 11) is 0. The van der Waals surface area contributed by atoms with Gasteiger partial charge in [-0.1, -0.05) is 32.0 Å². The van der Waals surface area contributed by atoms with E-state index in [-0.39, 0.29) is 12.5 Å². The van der Waals surface area contributed by atoms with Crippen molar-refractivity contribution in [2.24, 2.45) is 5.92 Å². The average molecular weight is 310 g/mol. The second-order valence-corrected chi connectivity index (χ2v) is 6.20. The van der Waals surface area contributed by atoms with Gasteiger partial charge in [0.25, 0.3) is 5.91 Å². The molecule has 0 saturated heterocycles. The van der Waals surface area contributed by atoms with Crippen LogP contribution in [0.2, 0.25) is 0 Å². The summed E-state index contributed by atoms with van der Waals surface area (Å²) in [6, 6.07) is 14.1. The lowest BCUT2D eigenvalue weighted by molar-refractivity contribution is -0.123. The van der Waals surface area contributed by atoms with Crippen LogP contribution in [0.3, 0.4) is 0 Å². The molecule has 4 heteroatoms. The average Bonchev–Trinajstić information content (AvgIpc) is 2.90. The van der Waals surface area contributed by atoms with Crippen molar-refractivity contribution in [1.29, 1.82) is 0 Å². The molecule has 0 spiro atoms. The van der Waals surface area contributed by atoms with Gasteiger partial charge >= 0.3 is 0 Å². The van der Waals surface area contributed by atoms with Crippen LogP contribution in [0.4, 0.5) is 0 Å². The molecule has 0 radical (unpaired) electrons. The number of aromatic amines is 1. The van der Waals surface area contributed by atoms with Crippen LogP contribution in [0.5, 0.6) is 5.75 Å². The number of aromatic nitrogens is 1. The third-order valence-electron chi connectivity index (χ3n) is 3.89. The van der Waals surface area contributed by atoms with Crippen LogP contribution in [0.25, 0.3) is 21.8 Å². The zero-order valence-corrected chi connectivity index (χ0v) is 13.6. The van der Waals surface area contributed by atoms with E-state index in [1.807, 2.05) is 30.3 Å². The van der Waals surface area contributed by atoms with Crippen molar-refractivity contribution in [3.63, 3.8) is 0 Å². The minimum absolute atomic E-state index is 0.0455. The quantitative estimate of drug-likeness (QED) is 0.726. The smallest absolute Gasteiger partial charge is 0.257 e. The molecule has 1 heterocycles. The molecule has 120 valence electrons. The topological polar surface area (TPSA) is 54.1 Å². The normalized spacial score (nSPS) is 11.3. The van der Waals surface area contributed by atoms with Crippen molar-refractivity contribution in [2.45, 2.75) is 20.3 Å². The Kier molecular flexibility index (Phi) is 4.51. The first-order valence-electron chi connectivity index (χ1n) is 8.03. The van der Waals surface area contributed by atoms with E-state index in [0.717, 1.165) is 22.8 Å². The molecule has 3 rings (SSSR count). The molecule has 2 aromatic carbocycles. The van der Waals surface area contributed by atoms with Crippen LogP contribution in [-0.2, 0) is 4.79 Å². The van der Waals surface area contributed by atoms with Gasteiger partial charge in [-0.2, -0.15) is 0 Å². The van der Waals surface area contributed by atoms with Crippen molar-refractivity contribution in [2.75, 3.05) is 13.2 Å². The monoisotopic (exact) mass is 310 g/mol. The van der Waals surface area contributed by atoms with Gasteiger partial charge in [0.05, 0.1) is 5.52 Å². The Hall–Kier alpha value is -2.49. The summed E-state index contributed by atoms with van der Waals surface area (Å²) in [4.78, 5) is 15.1. The van der Waals surface area contributed by atoms with Gasteiger partial charge in [-0.3, -0.25) is 4.79 Å². The summed E-state index contributed by atoms with van der Waals surface area (Å²) in [5, 5.41) is 5.23. The summed E-state index contributed by atoms with van der Waals surface area (Å²) in [5.74, 6) is 1.20. The Morgan fingerprint density at radius 2 is 1.91 bits per heavy atom. The second kappa shape index (κ2) is 6.73. The van der Waals surface area contributed by atoms with E-state index >= 15 is 0 Å². The van der Waals surface area contributed by atoms with E-state index in [9.17, 15) is 4.79 Å². The number of hydrogen-bond acceptors (Lipinski definition) is 2. The minimum atomic E-state index is -0.0811. The molecule has 0 aliphatic rings. The fourth-order valence-electron chi connectivity index (χ4n) is 2.62. The molecule has 2 N–H and O–H groups in total. The second-order valence-electron chi connectivity index (χ2n) is 6.20. The molecule has 0 saturated carbocycles. The first-order valence-corrected chi connectivity index (χ1v) is 8.03. The van der Waals surface area contributed by atoms with Crippen molar-refractivity contribution in [3.05, 3.63) is 42.5 Å². The fraction of sp³-hybridized carbons (Fsp3) is 0.316. The SMILES string of the molecule is CC(C)CCNC(=O)COc1ccc2c(c1)[nH]c1ccccc12. The lowest BCUT2D eigenvalue weighted by Crippen LogP contribution is -2.30. The van der Waals surface area contributed by atoms with E-state index < -0.39 is 0 Å². The number of ether oxygens (including phenoxy) is 1. The van der Waals surface area contributed by atoms with Gasteiger partial charge in [-0.05, 0) is 30.5 Å². The third kappa shape index (κ3) is 3.65. The highest BCUT2D eigenvalue weighted by molar-refractivity contribution is 6.07. The van der Waals surface area contributed by atoms with Crippen LogP contribution >= 0.6 is 0 Å². The third-order valence-corrected chi connectivity index (χ3v) is 3.89. The van der Waals surface area contributed by atoms with Crippen molar-refractivity contribution in [1.82, 2.24) is 10.3 Å². The highest BCUT2D eigenvalue weighted by Gasteiger charge is 2.07. The van der Waals surface area contributed by atoms with E-state index in [2.05, 4.69) is 36.3 Å². The molecule has 1 amide bonds. The van der Waals surface area contributed by atoms with Gasteiger partial charge in [0.1, 0.15) is 5.75 Å². The Bertz CT molecular complexity index is 820. The molecule has 0 bridgehead atoms. The van der Waals surface area contributed by atoms with Crippen molar-refractivity contribution in [3.8, 4) is 5.75 Å². The zero-order valence-electron chi connectivity index (χ0n) is 13.6. The molecule has 4 nitrogen and oxygen atoms in total. The largest absolute Gasteiger partial charge is 0.484 e. The van der Waals surface area contributed by atoms with Gasteiger partial charge in [0.2, 0.25) is 0 Å². The van der Waals surface area contributed by atoms with Crippen molar-refractivity contribution < 1.29 is 9.53 Å². The highest BCUT2D eigenvalue weighted by Crippen LogP contribution is 2.28. The molecule has 0 unspecified atom stereocenters. The van der Waals surface area contributed by atoms with Gasteiger partial charge in [0, 0.05) is 28.9 Å². The Morgan fingerprint density at radius 3 is 2.74 bits per heavy atom. The summed E-state index contributed by atoms with van der Waals surface area (Å²) >= 11 is 0. The first-order chi connectivity index (χ1) is 11.1. The maximum atomic E-state index is 11.8. The number of nitrogens with one attached hydrogen (secondary N) is 2. The van der Waals surface area contributed by atoms with E-state index in [1.54, 1.807) is 0 Å². The predicted octanol–water partition coefficient (Wildman–Crippen LogP) is 3.86. The van der Waals surface area contributed by atoms with Crippen LogP contribution in [0, 0.1) is 5.92 Å². The number of carbonyl (C=O) groups excluding carboxylic acids is 1. The van der Waals surface area contributed by atoms with Crippen LogP contribution in [0.1, 0.15) is 20.3 Å². The minimum Gasteiger partial charge on any atom is -0.484 e. The lowest BCUT2D eigenvalue weighted by Gasteiger charge is -2.08. The maximum absolute atomic E-state index is 11.8. The summed E-state index contributed by atoms with van der Waals surface area (Å²) < 4.78 is 5.60. The Morgan fingerprint density at radius 1 is 1.13 bits per heavy atom. The van der Waals surface area contributed by atoms with Crippen LogP contribution in [0.15, 0.2) is 42.5 Å². The van der Waals surface area contributed by atoms with Crippen LogP contribution in [-0.4, -0.2) is 24.0 Å². The molecular weight excluding hydrogens is 288 g/mol. The lowest BCUT2D eigenvalue weighted by atomic mass is 10.1. The molecular formula is C19H22N2O2. The first kappa shape index (κ1) is 15.4. The molecule has 3 aromatic rings. The van der Waals surface area contributed by atoms with E-state index in [1.165, 1.54) is 5.39 Å². The fourth-order valence-corrected chi connectivity index (χ4v) is 2.62. The van der Waals surface area contributed by atoms with E-state index in [0.29, 0.717) is 18.2 Å². The number of fused-ring (bicyclic) bond motifs is 3. The number of hydrogen-bond donors (Lipinski definition) is 2. The molecule has 0 aliphatic heterocycles. The van der Waals surface area contributed by atoms with Gasteiger partial charge in [-0.25, -0.2) is 0 Å². The number of carbonyl (C=O) groups is 1. The molecule has 1 aromatic heterocycles. The number of H-pyrrole nitrogens is 1. The number of para-hydroxylation sites is 1. The summed E-state index contributed by atoms with van der Waals surface area (Å²) in [5.41, 5.74) is 2.12. The highest BCUT2D eigenvalue weighted by atomic mass is 16.5. The zero-order chi connectivity index (χ0) is 16.2. The van der Waals surface area contributed by atoms with Crippen LogP contribution < -0.4 is 10.1 Å². The molecule has 23 heavy (non-hydrogen) atoms. The molecule has 0 aliphatic carbocycles. The van der Waals surface area contributed by atoms with Crippen molar-refractivity contribution >= 4 is 27.7 Å². The molecule has 0 fully saturated rings. The number of rotatable bonds is 6. The number of amides is 1. The summed E-state index contributed by atoms with van der Waals surface area (Å²) in [6.45, 7) is 5.02. The maximum Gasteiger partial charge on any atom is 0.257 e. The summed E-state index contributed by atoms with van der Waals surface area (Å²) in [6.07, 6.45) is 0.979. The van der Waals surface area contributed by atoms with E-state index in [4.69, 9.17) is 4.74 Å². The van der Waals surface area contributed by atoms with Gasteiger partial charge in [0.15, 0.2) is 6.61 Å². The van der Waals surface area contributed by atoms with Gasteiger partial charge in [-0.15, -0.1) is 0 Å². The Labute approximate surface area is 135 Å². The predicted molar refractivity (Wildman–Crippen MR) is 93.8 cm³/mol. The number of benzene rings is 2. The Balaban J connectivity index is 1.64.